The number of carboxylic acids is 1. The second-order valence-electron chi connectivity index (χ2n) is 4.86. The lowest BCUT2D eigenvalue weighted by atomic mass is 10.0. The molecule has 0 atom stereocenters. The van der Waals surface area contributed by atoms with Crippen molar-refractivity contribution < 1.29 is 14.7 Å². The Kier molecular flexibility index (Phi) is 6.12. The van der Waals surface area contributed by atoms with Gasteiger partial charge in [0.15, 0.2) is 0 Å². The van der Waals surface area contributed by atoms with Crippen LogP contribution in [0, 0.1) is 5.92 Å². The fraction of sp³-hybridized carbons (Fsp3) is 0.846. The molecule has 1 aliphatic rings. The van der Waals surface area contributed by atoms with Crippen molar-refractivity contribution in [2.24, 2.45) is 5.92 Å². The van der Waals surface area contributed by atoms with Crippen LogP contribution in [-0.4, -0.2) is 59.5 Å². The van der Waals surface area contributed by atoms with Gasteiger partial charge < -0.3 is 10.0 Å². The van der Waals surface area contributed by atoms with E-state index in [-0.39, 0.29) is 18.4 Å². The number of hydrogen-bond donors (Lipinski definition) is 1. The molecule has 1 fully saturated rings. The van der Waals surface area contributed by atoms with E-state index in [1.54, 1.807) is 0 Å². The molecule has 104 valence electrons. The summed E-state index contributed by atoms with van der Waals surface area (Å²) in [4.78, 5) is 26.7. The first-order chi connectivity index (χ1) is 8.58. The van der Waals surface area contributed by atoms with Crippen LogP contribution >= 0.6 is 0 Å². The van der Waals surface area contributed by atoms with Crippen molar-refractivity contribution in [1.82, 2.24) is 9.80 Å². The van der Waals surface area contributed by atoms with E-state index >= 15 is 0 Å². The highest BCUT2D eigenvalue weighted by Crippen LogP contribution is 2.14. The summed E-state index contributed by atoms with van der Waals surface area (Å²) in [5.41, 5.74) is 0. The molecule has 0 aromatic heterocycles. The van der Waals surface area contributed by atoms with Crippen LogP contribution in [0.2, 0.25) is 0 Å². The van der Waals surface area contributed by atoms with E-state index in [1.807, 2.05) is 23.6 Å². The lowest BCUT2D eigenvalue weighted by molar-refractivity contribution is -0.138. The van der Waals surface area contributed by atoms with Gasteiger partial charge in [-0.15, -0.1) is 0 Å². The number of aliphatic carboxylic acids is 1. The molecule has 1 rings (SSSR count). The molecule has 1 N–H and O–H groups in total. The van der Waals surface area contributed by atoms with E-state index in [2.05, 4.69) is 0 Å². The highest BCUT2D eigenvalue weighted by Gasteiger charge is 2.24. The number of amides is 1. The first-order valence-corrected chi connectivity index (χ1v) is 6.81. The summed E-state index contributed by atoms with van der Waals surface area (Å²) in [5.74, 6) is -0.442. The topological polar surface area (TPSA) is 60.9 Å². The van der Waals surface area contributed by atoms with Gasteiger partial charge in [-0.3, -0.25) is 14.5 Å². The van der Waals surface area contributed by atoms with Crippen molar-refractivity contribution in [3.8, 4) is 0 Å². The molecule has 0 saturated carbocycles. The molecule has 1 heterocycles. The second-order valence-corrected chi connectivity index (χ2v) is 4.86. The molecular weight excluding hydrogens is 232 g/mol. The van der Waals surface area contributed by atoms with Crippen LogP contribution in [0.15, 0.2) is 0 Å². The number of carbonyl (C=O) groups excluding carboxylic acids is 1. The maximum absolute atomic E-state index is 12.2. The molecular formula is C13H24N2O3. The monoisotopic (exact) mass is 256 g/mol. The largest absolute Gasteiger partial charge is 0.480 e. The van der Waals surface area contributed by atoms with Gasteiger partial charge in [-0.05, 0) is 19.3 Å². The fourth-order valence-electron chi connectivity index (χ4n) is 2.44. The van der Waals surface area contributed by atoms with Gasteiger partial charge in [-0.25, -0.2) is 0 Å². The van der Waals surface area contributed by atoms with E-state index in [0.29, 0.717) is 13.1 Å². The summed E-state index contributed by atoms with van der Waals surface area (Å²) in [5, 5.41) is 8.77. The summed E-state index contributed by atoms with van der Waals surface area (Å²) in [6.45, 7) is 7.00. The molecule has 1 amide bonds. The van der Waals surface area contributed by atoms with E-state index in [1.165, 1.54) is 0 Å². The Morgan fingerprint density at radius 2 is 1.78 bits per heavy atom. The lowest BCUT2D eigenvalue weighted by Crippen LogP contribution is -2.39. The van der Waals surface area contributed by atoms with Crippen LogP contribution < -0.4 is 0 Å². The van der Waals surface area contributed by atoms with Crippen LogP contribution in [0.3, 0.4) is 0 Å². The predicted octanol–water partition coefficient (Wildman–Crippen LogP) is 1.04. The highest BCUT2D eigenvalue weighted by molar-refractivity contribution is 5.78. The molecule has 0 unspecified atom stereocenters. The Bertz CT molecular complexity index is 290. The normalized spacial score (nSPS) is 17.8. The molecule has 0 aliphatic carbocycles. The minimum Gasteiger partial charge on any atom is -0.480 e. The quantitative estimate of drug-likeness (QED) is 0.798. The van der Waals surface area contributed by atoms with E-state index < -0.39 is 5.97 Å². The average Bonchev–Trinajstić information content (AvgIpc) is 2.55. The molecule has 0 radical (unpaired) electrons. The Morgan fingerprint density at radius 3 is 2.33 bits per heavy atom. The lowest BCUT2D eigenvalue weighted by Gasteiger charge is -2.25. The van der Waals surface area contributed by atoms with Gasteiger partial charge in [0.1, 0.15) is 0 Å². The third kappa shape index (κ3) is 4.29. The minimum absolute atomic E-state index is 0.0764. The van der Waals surface area contributed by atoms with E-state index in [4.69, 9.17) is 5.11 Å². The van der Waals surface area contributed by atoms with Gasteiger partial charge in [0.05, 0.1) is 6.54 Å². The maximum Gasteiger partial charge on any atom is 0.317 e. The molecule has 18 heavy (non-hydrogen) atoms. The molecule has 5 heteroatoms. The summed E-state index contributed by atoms with van der Waals surface area (Å²) >= 11 is 0. The molecule has 0 spiro atoms. The average molecular weight is 256 g/mol. The standard InChI is InChI=1S/C13H24N2O3/c1-3-11(4-2)13(18)15-7-5-6-14(8-9-15)10-12(16)17/h11H,3-10H2,1-2H3,(H,16,17). The Morgan fingerprint density at radius 1 is 1.11 bits per heavy atom. The summed E-state index contributed by atoms with van der Waals surface area (Å²) in [7, 11) is 0. The van der Waals surface area contributed by atoms with Crippen molar-refractivity contribution in [3.05, 3.63) is 0 Å². The SMILES string of the molecule is CCC(CC)C(=O)N1CCCN(CC(=O)O)CC1. The van der Waals surface area contributed by atoms with Gasteiger partial charge >= 0.3 is 5.97 Å². The van der Waals surface area contributed by atoms with Crippen molar-refractivity contribution in [3.63, 3.8) is 0 Å². The zero-order valence-electron chi connectivity index (χ0n) is 11.4. The minimum atomic E-state index is -0.797. The van der Waals surface area contributed by atoms with Crippen LogP contribution in [0.1, 0.15) is 33.1 Å². The smallest absolute Gasteiger partial charge is 0.317 e. The molecule has 5 nitrogen and oxygen atoms in total. The number of carbonyl (C=O) groups is 2. The fourth-order valence-corrected chi connectivity index (χ4v) is 2.44. The Hall–Kier alpha value is -1.10. The Balaban J connectivity index is 2.50. The molecule has 0 aromatic carbocycles. The number of nitrogens with zero attached hydrogens (tertiary/aromatic N) is 2. The van der Waals surface area contributed by atoms with Gasteiger partial charge in [0, 0.05) is 32.1 Å². The van der Waals surface area contributed by atoms with Crippen LogP contribution in [0.4, 0.5) is 0 Å². The van der Waals surface area contributed by atoms with E-state index in [9.17, 15) is 9.59 Å². The summed E-state index contributed by atoms with van der Waals surface area (Å²) < 4.78 is 0. The molecule has 1 saturated heterocycles. The third-order valence-electron chi connectivity index (χ3n) is 3.59. The van der Waals surface area contributed by atoms with Crippen LogP contribution in [0.25, 0.3) is 0 Å². The van der Waals surface area contributed by atoms with Crippen molar-refractivity contribution in [2.75, 3.05) is 32.7 Å². The van der Waals surface area contributed by atoms with Gasteiger partial charge in [0.2, 0.25) is 5.91 Å². The summed E-state index contributed by atoms with van der Waals surface area (Å²) in [6, 6.07) is 0. The Labute approximate surface area is 109 Å². The number of hydrogen-bond acceptors (Lipinski definition) is 3. The number of rotatable bonds is 5. The zero-order chi connectivity index (χ0) is 13.5. The first kappa shape index (κ1) is 15.0. The first-order valence-electron chi connectivity index (χ1n) is 6.81. The molecule has 1 aliphatic heterocycles. The highest BCUT2D eigenvalue weighted by atomic mass is 16.4. The van der Waals surface area contributed by atoms with Crippen LogP contribution in [0.5, 0.6) is 0 Å². The number of carboxylic acid groups (broad SMARTS) is 1. The van der Waals surface area contributed by atoms with Gasteiger partial charge in [-0.1, -0.05) is 13.8 Å². The van der Waals surface area contributed by atoms with Gasteiger partial charge in [-0.2, -0.15) is 0 Å². The van der Waals surface area contributed by atoms with Crippen molar-refractivity contribution >= 4 is 11.9 Å². The zero-order valence-corrected chi connectivity index (χ0v) is 11.4. The third-order valence-corrected chi connectivity index (χ3v) is 3.59. The summed E-state index contributed by atoms with van der Waals surface area (Å²) in [6.07, 6.45) is 2.62. The van der Waals surface area contributed by atoms with Crippen molar-refractivity contribution in [2.45, 2.75) is 33.1 Å². The maximum atomic E-state index is 12.2. The molecule has 0 bridgehead atoms. The van der Waals surface area contributed by atoms with Crippen molar-refractivity contribution in [1.29, 1.82) is 0 Å². The molecule has 0 aromatic rings. The van der Waals surface area contributed by atoms with Gasteiger partial charge in [0.25, 0.3) is 0 Å². The van der Waals surface area contributed by atoms with Crippen LogP contribution in [-0.2, 0) is 9.59 Å². The predicted molar refractivity (Wildman–Crippen MR) is 69.3 cm³/mol. The second kappa shape index (κ2) is 7.36. The van der Waals surface area contributed by atoms with E-state index in [0.717, 1.165) is 32.4 Å².